The van der Waals surface area contributed by atoms with Gasteiger partial charge in [0, 0.05) is 19.7 Å². The molecule has 3 heteroatoms. The maximum atomic E-state index is 12.9. The molecule has 1 aromatic carbocycles. The summed E-state index contributed by atoms with van der Waals surface area (Å²) in [4.78, 5) is 2.12. The summed E-state index contributed by atoms with van der Waals surface area (Å²) in [6, 6.07) is 6.70. The topological polar surface area (TPSA) is 12.5 Å². The van der Waals surface area contributed by atoms with Crippen molar-refractivity contribution in [3.8, 4) is 0 Å². The summed E-state index contributed by atoms with van der Waals surface area (Å²) in [6.07, 6.45) is 0. The van der Waals surface area contributed by atoms with E-state index in [4.69, 9.17) is 4.74 Å². The van der Waals surface area contributed by atoms with Gasteiger partial charge in [0.1, 0.15) is 5.82 Å². The molecule has 1 aromatic rings. The molecular formula is C12H18FNO. The third kappa shape index (κ3) is 4.91. The highest BCUT2D eigenvalue weighted by Crippen LogP contribution is 2.05. The van der Waals surface area contributed by atoms with Crippen LogP contribution in [-0.2, 0) is 11.3 Å². The zero-order valence-electron chi connectivity index (χ0n) is 9.37. The molecule has 0 aromatic heterocycles. The second kappa shape index (κ2) is 6.53. The first-order valence-corrected chi connectivity index (χ1v) is 5.23. The molecule has 0 unspecified atom stereocenters. The fourth-order valence-corrected chi connectivity index (χ4v) is 1.39. The molecule has 0 saturated carbocycles. The smallest absolute Gasteiger partial charge is 0.123 e. The lowest BCUT2D eigenvalue weighted by molar-refractivity contribution is 0.120. The Morgan fingerprint density at radius 3 is 2.87 bits per heavy atom. The SMILES string of the molecule is CCOCCN(C)Cc1cccc(F)c1. The predicted octanol–water partition coefficient (Wildman–Crippen LogP) is 2.29. The highest BCUT2D eigenvalue weighted by Gasteiger charge is 2.00. The van der Waals surface area contributed by atoms with Gasteiger partial charge in [-0.1, -0.05) is 12.1 Å². The van der Waals surface area contributed by atoms with Crippen LogP contribution in [0.5, 0.6) is 0 Å². The molecule has 0 saturated heterocycles. The van der Waals surface area contributed by atoms with Gasteiger partial charge < -0.3 is 4.74 Å². The summed E-state index contributed by atoms with van der Waals surface area (Å²) in [5.41, 5.74) is 0.994. The molecular weight excluding hydrogens is 193 g/mol. The highest BCUT2D eigenvalue weighted by atomic mass is 19.1. The Morgan fingerprint density at radius 2 is 2.20 bits per heavy atom. The molecule has 0 aliphatic heterocycles. The lowest BCUT2D eigenvalue weighted by atomic mass is 10.2. The summed E-state index contributed by atoms with van der Waals surface area (Å²) < 4.78 is 18.1. The molecule has 0 amide bonds. The second-order valence-electron chi connectivity index (χ2n) is 3.56. The van der Waals surface area contributed by atoms with Crippen molar-refractivity contribution in [2.75, 3.05) is 26.8 Å². The average molecular weight is 211 g/mol. The molecule has 2 nitrogen and oxygen atoms in total. The summed E-state index contributed by atoms with van der Waals surface area (Å²) in [6.45, 7) is 5.07. The normalized spacial score (nSPS) is 10.9. The van der Waals surface area contributed by atoms with Crippen LogP contribution in [0.4, 0.5) is 4.39 Å². The molecule has 0 fully saturated rings. The number of likely N-dealkylation sites (N-methyl/N-ethyl adjacent to an activating group) is 1. The Labute approximate surface area is 90.7 Å². The monoisotopic (exact) mass is 211 g/mol. The molecule has 84 valence electrons. The maximum Gasteiger partial charge on any atom is 0.123 e. The standard InChI is InChI=1S/C12H18FNO/c1-3-15-8-7-14(2)10-11-5-4-6-12(13)9-11/h4-6,9H,3,7-8,10H2,1-2H3. The van der Waals surface area contributed by atoms with Crippen LogP contribution in [0.15, 0.2) is 24.3 Å². The van der Waals surface area contributed by atoms with Gasteiger partial charge >= 0.3 is 0 Å². The Hall–Kier alpha value is -0.930. The van der Waals surface area contributed by atoms with Gasteiger partial charge in [0.2, 0.25) is 0 Å². The highest BCUT2D eigenvalue weighted by molar-refractivity contribution is 5.15. The molecule has 0 bridgehead atoms. The minimum Gasteiger partial charge on any atom is -0.380 e. The van der Waals surface area contributed by atoms with Crippen LogP contribution in [-0.4, -0.2) is 31.7 Å². The number of halogens is 1. The fraction of sp³-hybridized carbons (Fsp3) is 0.500. The van der Waals surface area contributed by atoms with E-state index >= 15 is 0 Å². The van der Waals surface area contributed by atoms with E-state index in [1.54, 1.807) is 12.1 Å². The third-order valence-corrected chi connectivity index (χ3v) is 2.16. The van der Waals surface area contributed by atoms with E-state index in [-0.39, 0.29) is 5.82 Å². The van der Waals surface area contributed by atoms with Crippen molar-refractivity contribution >= 4 is 0 Å². The summed E-state index contributed by atoms with van der Waals surface area (Å²) in [7, 11) is 2.00. The number of ether oxygens (including phenoxy) is 1. The predicted molar refractivity (Wildman–Crippen MR) is 59.2 cm³/mol. The van der Waals surface area contributed by atoms with Gasteiger partial charge in [-0.25, -0.2) is 4.39 Å². The van der Waals surface area contributed by atoms with Crippen molar-refractivity contribution in [2.24, 2.45) is 0 Å². The van der Waals surface area contributed by atoms with Crippen molar-refractivity contribution in [2.45, 2.75) is 13.5 Å². The van der Waals surface area contributed by atoms with Crippen molar-refractivity contribution in [1.82, 2.24) is 4.90 Å². The van der Waals surface area contributed by atoms with E-state index in [1.807, 2.05) is 20.0 Å². The Morgan fingerprint density at radius 1 is 1.40 bits per heavy atom. The maximum absolute atomic E-state index is 12.9. The fourth-order valence-electron chi connectivity index (χ4n) is 1.39. The molecule has 1 rings (SSSR count). The van der Waals surface area contributed by atoms with E-state index in [0.29, 0.717) is 0 Å². The van der Waals surface area contributed by atoms with E-state index < -0.39 is 0 Å². The van der Waals surface area contributed by atoms with Gasteiger partial charge in [-0.3, -0.25) is 4.90 Å². The van der Waals surface area contributed by atoms with Gasteiger partial charge in [-0.05, 0) is 31.7 Å². The van der Waals surface area contributed by atoms with Crippen LogP contribution in [0.2, 0.25) is 0 Å². The first-order chi connectivity index (χ1) is 7.22. The van der Waals surface area contributed by atoms with Crippen molar-refractivity contribution < 1.29 is 9.13 Å². The molecule has 0 aliphatic rings. The van der Waals surface area contributed by atoms with Crippen LogP contribution < -0.4 is 0 Å². The Kier molecular flexibility index (Phi) is 5.29. The van der Waals surface area contributed by atoms with Gasteiger partial charge in [-0.15, -0.1) is 0 Å². The van der Waals surface area contributed by atoms with Gasteiger partial charge in [0.05, 0.1) is 6.61 Å². The van der Waals surface area contributed by atoms with Crippen molar-refractivity contribution in [3.63, 3.8) is 0 Å². The van der Waals surface area contributed by atoms with E-state index in [1.165, 1.54) is 6.07 Å². The van der Waals surface area contributed by atoms with Gasteiger partial charge in [-0.2, -0.15) is 0 Å². The Balaban J connectivity index is 2.34. The third-order valence-electron chi connectivity index (χ3n) is 2.16. The average Bonchev–Trinajstić information content (AvgIpc) is 2.18. The lowest BCUT2D eigenvalue weighted by Crippen LogP contribution is -2.22. The first kappa shape index (κ1) is 12.1. The molecule has 15 heavy (non-hydrogen) atoms. The number of nitrogens with zero attached hydrogens (tertiary/aromatic N) is 1. The lowest BCUT2D eigenvalue weighted by Gasteiger charge is -2.16. The number of benzene rings is 1. The second-order valence-corrected chi connectivity index (χ2v) is 3.56. The van der Waals surface area contributed by atoms with Gasteiger partial charge in [0.25, 0.3) is 0 Å². The van der Waals surface area contributed by atoms with Crippen LogP contribution in [0.1, 0.15) is 12.5 Å². The summed E-state index contributed by atoms with van der Waals surface area (Å²) >= 11 is 0. The molecule has 0 atom stereocenters. The summed E-state index contributed by atoms with van der Waals surface area (Å²) in [5, 5.41) is 0. The van der Waals surface area contributed by atoms with Crippen LogP contribution in [0.25, 0.3) is 0 Å². The molecule has 0 radical (unpaired) electrons. The zero-order valence-corrected chi connectivity index (χ0v) is 9.37. The van der Waals surface area contributed by atoms with Crippen molar-refractivity contribution in [3.05, 3.63) is 35.6 Å². The molecule has 0 N–H and O–H groups in total. The molecule has 0 aliphatic carbocycles. The quantitative estimate of drug-likeness (QED) is 0.669. The van der Waals surface area contributed by atoms with Crippen molar-refractivity contribution in [1.29, 1.82) is 0 Å². The summed E-state index contributed by atoms with van der Waals surface area (Å²) in [5.74, 6) is -0.175. The van der Waals surface area contributed by atoms with Crippen LogP contribution in [0.3, 0.4) is 0 Å². The largest absolute Gasteiger partial charge is 0.380 e. The Bertz CT molecular complexity index is 291. The minimum absolute atomic E-state index is 0.175. The number of rotatable bonds is 6. The van der Waals surface area contributed by atoms with E-state index in [0.717, 1.165) is 31.9 Å². The molecule has 0 spiro atoms. The van der Waals surface area contributed by atoms with Gasteiger partial charge in [0.15, 0.2) is 0 Å². The zero-order chi connectivity index (χ0) is 11.1. The minimum atomic E-state index is -0.175. The van der Waals surface area contributed by atoms with Crippen LogP contribution >= 0.6 is 0 Å². The number of hydrogen-bond acceptors (Lipinski definition) is 2. The number of hydrogen-bond donors (Lipinski definition) is 0. The molecule has 0 heterocycles. The van der Waals surface area contributed by atoms with E-state index in [2.05, 4.69) is 4.90 Å². The van der Waals surface area contributed by atoms with Crippen LogP contribution in [0, 0.1) is 5.82 Å². The first-order valence-electron chi connectivity index (χ1n) is 5.23. The van der Waals surface area contributed by atoms with E-state index in [9.17, 15) is 4.39 Å².